The monoisotopic (exact) mass is 781 g/mol. The first kappa shape index (κ1) is 39.8. The molecule has 0 bridgehead atoms. The molecule has 0 saturated carbocycles. The molecule has 3 aliphatic rings. The Balaban J connectivity index is 1.49. The lowest BCUT2D eigenvalue weighted by molar-refractivity contribution is -0.137. The molecule has 0 atom stereocenters. The molecule has 0 spiro atoms. The van der Waals surface area contributed by atoms with Crippen molar-refractivity contribution in [1.29, 1.82) is 5.41 Å². The lowest BCUT2D eigenvalue weighted by atomic mass is 9.90. The minimum Gasteiger partial charge on any atom is -0.478 e. The molecule has 2 heterocycles. The lowest BCUT2D eigenvalue weighted by Crippen LogP contribution is -2.38. The number of nitrogens with two attached hydrogens (primary N) is 1. The highest BCUT2D eigenvalue weighted by molar-refractivity contribution is 7.89. The number of carboxylic acid groups (broad SMARTS) is 1. The molecule has 5 rings (SSSR count). The number of carboxylic acids is 1. The molecular weight excluding hydrogens is 743 g/mol. The zero-order valence-corrected chi connectivity index (χ0v) is 30.8. The van der Waals surface area contributed by atoms with Crippen molar-refractivity contribution in [2.45, 2.75) is 55.2 Å². The average Bonchev–Trinajstić information content (AvgIpc) is 3.43. The molecule has 2 aromatic carbocycles. The van der Waals surface area contributed by atoms with Crippen LogP contribution >= 0.6 is 0 Å². The Morgan fingerprint density at radius 3 is 2.26 bits per heavy atom. The van der Waals surface area contributed by atoms with Gasteiger partial charge in [-0.1, -0.05) is 38.0 Å². The molecule has 54 heavy (non-hydrogen) atoms. The van der Waals surface area contributed by atoms with Gasteiger partial charge in [-0.2, -0.15) is 12.7 Å². The molecule has 0 fully saturated rings. The predicted octanol–water partition coefficient (Wildman–Crippen LogP) is 3.60. The Labute approximate surface area is 310 Å². The van der Waals surface area contributed by atoms with Crippen LogP contribution in [-0.4, -0.2) is 85.6 Å². The SMILES string of the molecule is CCCCN(CCCCCC(=O)NCCN1C(=O)C=CC1=O)S(=O)(=O)c1c(N)ccc2c(-c3ccccc3C(=O)O)c3ccc(=N)c(S(=O)(=O)O)c-3oc12. The summed E-state index contributed by atoms with van der Waals surface area (Å²) in [5, 5.41) is 20.5. The van der Waals surface area contributed by atoms with Gasteiger partial charge in [-0.3, -0.25) is 29.2 Å². The van der Waals surface area contributed by atoms with Gasteiger partial charge in [0.1, 0.15) is 4.90 Å². The fraction of sp³-hybridized carbons (Fsp3) is 0.306. The lowest BCUT2D eigenvalue weighted by Gasteiger charge is -2.25. The van der Waals surface area contributed by atoms with E-state index < -0.39 is 64.4 Å². The molecule has 3 amide bonds. The van der Waals surface area contributed by atoms with Gasteiger partial charge in [-0.05, 0) is 55.2 Å². The number of carbonyl (C=O) groups is 4. The summed E-state index contributed by atoms with van der Waals surface area (Å²) in [5.41, 5.74) is 5.68. The highest BCUT2D eigenvalue weighted by atomic mass is 32.2. The van der Waals surface area contributed by atoms with E-state index in [1.54, 1.807) is 6.07 Å². The molecule has 2 aromatic rings. The first-order chi connectivity index (χ1) is 25.6. The van der Waals surface area contributed by atoms with Gasteiger partial charge in [0.2, 0.25) is 15.9 Å². The van der Waals surface area contributed by atoms with Crippen molar-refractivity contribution >= 4 is 60.5 Å². The number of nitrogen functional groups attached to an aromatic ring is 1. The molecule has 1 aliphatic carbocycles. The molecule has 0 saturated heterocycles. The third kappa shape index (κ3) is 8.20. The Hall–Kier alpha value is -5.43. The zero-order chi connectivity index (χ0) is 39.4. The van der Waals surface area contributed by atoms with Crippen LogP contribution in [0, 0.1) is 5.41 Å². The topological polar surface area (TPSA) is 259 Å². The number of aromatic carboxylic acids is 1. The Kier molecular flexibility index (Phi) is 12.0. The van der Waals surface area contributed by atoms with Crippen LogP contribution in [0.2, 0.25) is 0 Å². The number of imide groups is 1. The summed E-state index contributed by atoms with van der Waals surface area (Å²) in [6, 6.07) is 11.0. The molecule has 16 nitrogen and oxygen atoms in total. The van der Waals surface area contributed by atoms with E-state index in [-0.39, 0.29) is 71.8 Å². The summed E-state index contributed by atoms with van der Waals surface area (Å²) >= 11 is 0. The number of unbranched alkanes of at least 4 members (excludes halogenated alkanes) is 3. The second kappa shape index (κ2) is 16.3. The minimum atomic E-state index is -5.13. The smallest absolute Gasteiger partial charge is 0.336 e. The van der Waals surface area contributed by atoms with Gasteiger partial charge in [0.25, 0.3) is 21.9 Å². The summed E-state index contributed by atoms with van der Waals surface area (Å²) in [5.74, 6) is -3.08. The third-order valence-corrected chi connectivity index (χ3v) is 11.8. The molecule has 0 unspecified atom stereocenters. The van der Waals surface area contributed by atoms with Crippen molar-refractivity contribution in [3.05, 3.63) is 71.6 Å². The number of nitrogens with one attached hydrogen (secondary N) is 2. The molecule has 0 aromatic heterocycles. The van der Waals surface area contributed by atoms with Gasteiger partial charge < -0.3 is 20.6 Å². The number of anilines is 1. The molecule has 2 aliphatic heterocycles. The fourth-order valence-electron chi connectivity index (χ4n) is 6.30. The maximum Gasteiger partial charge on any atom is 0.336 e. The van der Waals surface area contributed by atoms with Gasteiger partial charge in [-0.25, -0.2) is 13.2 Å². The number of amides is 3. The van der Waals surface area contributed by atoms with E-state index in [1.807, 2.05) is 6.92 Å². The van der Waals surface area contributed by atoms with E-state index >= 15 is 0 Å². The van der Waals surface area contributed by atoms with Gasteiger partial charge >= 0.3 is 5.97 Å². The van der Waals surface area contributed by atoms with Crippen molar-refractivity contribution in [3.8, 4) is 22.5 Å². The van der Waals surface area contributed by atoms with E-state index in [9.17, 15) is 45.7 Å². The van der Waals surface area contributed by atoms with Crippen LogP contribution in [0.3, 0.4) is 0 Å². The minimum absolute atomic E-state index is 0.00477. The second-order valence-corrected chi connectivity index (χ2v) is 15.8. The number of nitrogens with zero attached hydrogens (tertiary/aromatic N) is 2. The Morgan fingerprint density at radius 1 is 0.907 bits per heavy atom. The maximum atomic E-state index is 14.6. The maximum absolute atomic E-state index is 14.6. The summed E-state index contributed by atoms with van der Waals surface area (Å²) in [6.45, 7) is 2.10. The van der Waals surface area contributed by atoms with Crippen molar-refractivity contribution in [3.63, 3.8) is 0 Å². The highest BCUT2D eigenvalue weighted by Crippen LogP contribution is 2.46. The van der Waals surface area contributed by atoms with Crippen LogP contribution in [-0.2, 0) is 34.5 Å². The number of benzene rings is 3. The predicted molar refractivity (Wildman–Crippen MR) is 196 cm³/mol. The zero-order valence-electron chi connectivity index (χ0n) is 29.2. The van der Waals surface area contributed by atoms with Crippen LogP contribution in [0.4, 0.5) is 5.69 Å². The summed E-state index contributed by atoms with van der Waals surface area (Å²) in [4.78, 5) is 47.7. The fourth-order valence-corrected chi connectivity index (χ4v) is 8.78. The molecule has 18 heteroatoms. The van der Waals surface area contributed by atoms with Crippen LogP contribution in [0.5, 0.6) is 0 Å². The van der Waals surface area contributed by atoms with E-state index in [0.29, 0.717) is 32.1 Å². The van der Waals surface area contributed by atoms with Crippen LogP contribution in [0.1, 0.15) is 55.8 Å². The van der Waals surface area contributed by atoms with E-state index in [1.165, 1.54) is 40.7 Å². The van der Waals surface area contributed by atoms with Crippen molar-refractivity contribution in [2.24, 2.45) is 0 Å². The molecule has 0 radical (unpaired) electrons. The van der Waals surface area contributed by atoms with Gasteiger partial charge in [-0.15, -0.1) is 0 Å². The largest absolute Gasteiger partial charge is 0.478 e. The van der Waals surface area contributed by atoms with Crippen molar-refractivity contribution in [2.75, 3.05) is 31.9 Å². The third-order valence-electron chi connectivity index (χ3n) is 8.91. The van der Waals surface area contributed by atoms with E-state index in [2.05, 4.69) is 5.32 Å². The standard InChI is InChI=1S/C36H39N5O11S2/c1-2-3-19-40(20-8-4-5-11-28(42)39-18-21-41-29(43)16-17-30(41)44)53(47,48)34-26(37)14-12-24-31(22-9-6-7-10-23(22)36(45)46)25-13-15-27(38)35(54(49,50)51)33(25)52-32(24)34/h6-7,9-10,12-17,38H,2-5,8,11,18-21,37H2,1H3,(H,39,42)(H,45,46)(H,49,50,51). The van der Waals surface area contributed by atoms with Crippen LogP contribution < -0.4 is 16.4 Å². The van der Waals surface area contributed by atoms with Gasteiger partial charge in [0.05, 0.1) is 16.6 Å². The molecular formula is C36H39N5O11S2. The van der Waals surface area contributed by atoms with Crippen molar-refractivity contribution < 1.29 is 50.1 Å². The number of hydrogen-bond donors (Lipinski definition) is 5. The van der Waals surface area contributed by atoms with E-state index in [4.69, 9.17) is 15.6 Å². The molecule has 6 N–H and O–H groups in total. The van der Waals surface area contributed by atoms with Crippen LogP contribution in [0.25, 0.3) is 33.4 Å². The Morgan fingerprint density at radius 2 is 1.59 bits per heavy atom. The second-order valence-electron chi connectivity index (χ2n) is 12.6. The average molecular weight is 782 g/mol. The number of carbonyl (C=O) groups excluding carboxylic acids is 3. The first-order valence-corrected chi connectivity index (χ1v) is 19.9. The number of hydrogen-bond acceptors (Lipinski definition) is 11. The first-order valence-electron chi connectivity index (χ1n) is 17.0. The van der Waals surface area contributed by atoms with Gasteiger partial charge in [0, 0.05) is 61.3 Å². The van der Waals surface area contributed by atoms with Gasteiger partial charge in [0.15, 0.2) is 16.2 Å². The number of sulfonamides is 1. The molecule has 286 valence electrons. The van der Waals surface area contributed by atoms with Crippen LogP contribution in [0.15, 0.2) is 74.9 Å². The van der Waals surface area contributed by atoms with E-state index in [0.717, 1.165) is 23.1 Å². The quantitative estimate of drug-likeness (QED) is 0.0339. The highest BCUT2D eigenvalue weighted by Gasteiger charge is 2.34. The summed E-state index contributed by atoms with van der Waals surface area (Å²) in [6.07, 6.45) is 4.76. The summed E-state index contributed by atoms with van der Waals surface area (Å²) in [7, 11) is -9.65. The number of rotatable bonds is 17. The van der Waals surface area contributed by atoms with Crippen molar-refractivity contribution in [1.82, 2.24) is 14.5 Å². The summed E-state index contributed by atoms with van der Waals surface area (Å²) < 4.78 is 71.9. The number of fused-ring (bicyclic) bond motifs is 2. The normalized spacial score (nSPS) is 13.4. The Bertz CT molecular complexity index is 2410.